The third kappa shape index (κ3) is 3.38. The number of imidazole rings is 1. The van der Waals surface area contributed by atoms with Crippen molar-refractivity contribution in [3.63, 3.8) is 0 Å². The van der Waals surface area contributed by atoms with Gasteiger partial charge in [0.05, 0.1) is 32.8 Å². The summed E-state index contributed by atoms with van der Waals surface area (Å²) >= 11 is 0. The highest BCUT2D eigenvalue weighted by molar-refractivity contribution is 7.90. The van der Waals surface area contributed by atoms with E-state index in [1.807, 2.05) is 36.4 Å². The molecule has 0 aliphatic carbocycles. The number of hydrogen-bond acceptors (Lipinski definition) is 7. The minimum atomic E-state index is -4.08. The van der Waals surface area contributed by atoms with Crippen LogP contribution in [0.1, 0.15) is 0 Å². The van der Waals surface area contributed by atoms with Crippen molar-refractivity contribution in [1.29, 1.82) is 0 Å². The molecule has 2 aromatic carbocycles. The third-order valence-corrected chi connectivity index (χ3v) is 7.52. The Hall–Kier alpha value is -4.44. The zero-order chi connectivity index (χ0) is 24.2. The van der Waals surface area contributed by atoms with Crippen LogP contribution in [0.5, 0.6) is 11.5 Å². The molecule has 0 bridgehead atoms. The Kier molecular flexibility index (Phi) is 4.71. The number of aromatic nitrogens is 5. The van der Waals surface area contributed by atoms with E-state index < -0.39 is 10.0 Å². The molecule has 0 atom stereocenters. The monoisotopic (exact) mass is 485 g/mol. The number of pyridine rings is 2. The van der Waals surface area contributed by atoms with Gasteiger partial charge in [-0.15, -0.1) is 0 Å². The summed E-state index contributed by atoms with van der Waals surface area (Å²) in [6.45, 7) is 0. The van der Waals surface area contributed by atoms with Crippen LogP contribution in [0.2, 0.25) is 0 Å². The molecule has 0 aliphatic rings. The molecule has 6 rings (SSSR count). The van der Waals surface area contributed by atoms with Crippen LogP contribution in [-0.2, 0) is 10.0 Å². The fourth-order valence-corrected chi connectivity index (χ4v) is 5.44. The molecule has 9 nitrogen and oxygen atoms in total. The third-order valence-electron chi connectivity index (χ3n) is 5.94. The molecule has 4 aromatic heterocycles. The van der Waals surface area contributed by atoms with Crippen LogP contribution in [0, 0.1) is 0 Å². The summed E-state index contributed by atoms with van der Waals surface area (Å²) in [6.07, 6.45) is 6.04. The molecule has 0 spiro atoms. The van der Waals surface area contributed by atoms with E-state index in [1.54, 1.807) is 37.7 Å². The molecule has 6 aromatic rings. The van der Waals surface area contributed by atoms with Gasteiger partial charge < -0.3 is 9.47 Å². The summed E-state index contributed by atoms with van der Waals surface area (Å²) in [6, 6.07) is 17.0. The Morgan fingerprint density at radius 2 is 1.54 bits per heavy atom. The molecular weight excluding hydrogens is 466 g/mol. The highest BCUT2D eigenvalue weighted by atomic mass is 32.2. The zero-order valence-corrected chi connectivity index (χ0v) is 19.6. The summed E-state index contributed by atoms with van der Waals surface area (Å²) in [5.41, 5.74) is 2.99. The highest BCUT2D eigenvalue weighted by Crippen LogP contribution is 2.29. The highest BCUT2D eigenvalue weighted by Gasteiger charge is 2.25. The van der Waals surface area contributed by atoms with E-state index in [9.17, 15) is 8.42 Å². The second-order valence-electron chi connectivity index (χ2n) is 7.94. The lowest BCUT2D eigenvalue weighted by atomic mass is 10.0. The minimum Gasteiger partial charge on any atom is -0.497 e. The average molecular weight is 486 g/mol. The first-order valence-electron chi connectivity index (χ1n) is 10.7. The van der Waals surface area contributed by atoms with E-state index in [1.165, 1.54) is 23.9 Å². The fraction of sp³-hybridized carbons (Fsp3) is 0.0800. The van der Waals surface area contributed by atoms with E-state index >= 15 is 0 Å². The molecule has 0 radical (unpaired) electrons. The van der Waals surface area contributed by atoms with Crippen LogP contribution in [0.3, 0.4) is 0 Å². The van der Waals surface area contributed by atoms with Crippen molar-refractivity contribution in [2.24, 2.45) is 0 Å². The Labute approximate surface area is 200 Å². The van der Waals surface area contributed by atoms with Crippen molar-refractivity contribution in [2.75, 3.05) is 14.2 Å². The molecule has 0 saturated heterocycles. The van der Waals surface area contributed by atoms with Gasteiger partial charge in [-0.05, 0) is 52.7 Å². The Balaban J connectivity index is 1.48. The van der Waals surface area contributed by atoms with Gasteiger partial charge in [0.25, 0.3) is 0 Å². The van der Waals surface area contributed by atoms with Crippen LogP contribution in [0.4, 0.5) is 0 Å². The van der Waals surface area contributed by atoms with E-state index in [4.69, 9.17) is 9.47 Å². The van der Waals surface area contributed by atoms with Gasteiger partial charge in [0.2, 0.25) is 0 Å². The Morgan fingerprint density at radius 3 is 2.37 bits per heavy atom. The van der Waals surface area contributed by atoms with Crippen LogP contribution >= 0.6 is 0 Å². The van der Waals surface area contributed by atoms with E-state index in [-0.39, 0.29) is 5.03 Å². The number of rotatable bonds is 5. The first-order valence-corrected chi connectivity index (χ1v) is 12.1. The summed E-state index contributed by atoms with van der Waals surface area (Å²) in [4.78, 5) is 8.68. The van der Waals surface area contributed by atoms with Crippen LogP contribution in [-0.4, -0.2) is 46.2 Å². The van der Waals surface area contributed by atoms with Crippen molar-refractivity contribution in [2.45, 2.75) is 5.03 Å². The molecule has 0 aliphatic heterocycles. The smallest absolute Gasteiger partial charge is 0.301 e. The molecule has 4 heterocycles. The molecule has 174 valence electrons. The summed E-state index contributed by atoms with van der Waals surface area (Å²) in [5.74, 6) is 1.29. The lowest BCUT2D eigenvalue weighted by molar-refractivity contribution is 0.412. The Bertz CT molecular complexity index is 1860. The van der Waals surface area contributed by atoms with Crippen LogP contribution in [0.25, 0.3) is 38.6 Å². The van der Waals surface area contributed by atoms with Gasteiger partial charge in [-0.2, -0.15) is 17.6 Å². The van der Waals surface area contributed by atoms with Gasteiger partial charge in [-0.25, -0.2) is 4.98 Å². The topological polar surface area (TPSA) is 101 Å². The van der Waals surface area contributed by atoms with Crippen LogP contribution in [0.15, 0.2) is 84.4 Å². The molecule has 10 heteroatoms. The van der Waals surface area contributed by atoms with E-state index in [0.29, 0.717) is 22.4 Å². The molecule has 35 heavy (non-hydrogen) atoms. The first-order chi connectivity index (χ1) is 17.0. The molecule has 0 fully saturated rings. The van der Waals surface area contributed by atoms with Gasteiger partial charge in [0.1, 0.15) is 28.2 Å². The van der Waals surface area contributed by atoms with Gasteiger partial charge in [-0.1, -0.05) is 18.2 Å². The predicted molar refractivity (Wildman–Crippen MR) is 131 cm³/mol. The number of nitrogens with zero attached hydrogens (tertiary/aromatic N) is 5. The van der Waals surface area contributed by atoms with Crippen molar-refractivity contribution < 1.29 is 17.9 Å². The maximum absolute atomic E-state index is 13.6. The molecule has 0 N–H and O–H groups in total. The quantitative estimate of drug-likeness (QED) is 0.362. The Morgan fingerprint density at radius 1 is 0.771 bits per heavy atom. The SMILES string of the molecule is COc1ccc2cc(-c3cnc4cnn(S(=O)(=O)c5cnc6ccc(OC)cn56)c4c3)ccc2c1. The standard InChI is InChI=1S/C25H19N5O4S/c1-33-20-6-5-16-9-17(3-4-18(16)10-20)19-11-23-22(26-12-19)13-28-30(23)35(31,32)25-14-27-24-8-7-21(34-2)15-29(24)25/h3-15H,1-2H3. The van der Waals surface area contributed by atoms with Gasteiger partial charge in [-0.3, -0.25) is 9.38 Å². The lowest BCUT2D eigenvalue weighted by Crippen LogP contribution is -2.16. The van der Waals surface area contributed by atoms with Crippen molar-refractivity contribution in [3.8, 4) is 22.6 Å². The van der Waals surface area contributed by atoms with Gasteiger partial charge in [0, 0.05) is 11.8 Å². The maximum Gasteiger partial charge on any atom is 0.301 e. The zero-order valence-electron chi connectivity index (χ0n) is 18.8. The second kappa shape index (κ2) is 7.81. The molecule has 0 amide bonds. The van der Waals surface area contributed by atoms with Crippen molar-refractivity contribution in [3.05, 3.63) is 79.4 Å². The van der Waals surface area contributed by atoms with Gasteiger partial charge >= 0.3 is 10.0 Å². The summed E-state index contributed by atoms with van der Waals surface area (Å²) in [7, 11) is -0.922. The van der Waals surface area contributed by atoms with E-state index in [0.717, 1.165) is 31.7 Å². The lowest BCUT2D eigenvalue weighted by Gasteiger charge is -2.08. The number of methoxy groups -OCH3 is 2. The normalized spacial score (nSPS) is 11.9. The van der Waals surface area contributed by atoms with Gasteiger partial charge in [0.15, 0.2) is 5.03 Å². The van der Waals surface area contributed by atoms with Crippen molar-refractivity contribution >= 4 is 37.5 Å². The number of benzene rings is 2. The first kappa shape index (κ1) is 21.1. The van der Waals surface area contributed by atoms with E-state index in [2.05, 4.69) is 15.1 Å². The van der Waals surface area contributed by atoms with Crippen molar-refractivity contribution in [1.82, 2.24) is 23.6 Å². The fourth-order valence-electron chi connectivity index (χ4n) is 4.10. The summed E-state index contributed by atoms with van der Waals surface area (Å²) < 4.78 is 40.3. The number of fused-ring (bicyclic) bond motifs is 3. The second-order valence-corrected chi connectivity index (χ2v) is 9.66. The number of hydrogen-bond donors (Lipinski definition) is 0. The number of ether oxygens (including phenoxy) is 2. The molecular formula is C25H19N5O4S. The predicted octanol–water partition coefficient (Wildman–Crippen LogP) is 4.15. The minimum absolute atomic E-state index is 0.0264. The van der Waals surface area contributed by atoms with Crippen LogP contribution < -0.4 is 9.47 Å². The maximum atomic E-state index is 13.6. The average Bonchev–Trinajstić information content (AvgIpc) is 3.52. The summed E-state index contributed by atoms with van der Waals surface area (Å²) in [5, 5.41) is 6.20. The molecule has 0 saturated carbocycles. The molecule has 0 unspecified atom stereocenters. The largest absolute Gasteiger partial charge is 0.497 e.